The lowest BCUT2D eigenvalue weighted by Gasteiger charge is -2.49. The number of carbonyl (C=O) groups is 4. The van der Waals surface area contributed by atoms with Gasteiger partial charge in [-0.05, 0) is 68.0 Å². The summed E-state index contributed by atoms with van der Waals surface area (Å²) < 4.78 is 0. The second-order valence-corrected chi connectivity index (χ2v) is 12.3. The number of aromatic hydroxyl groups is 2. The maximum Gasteiger partial charge on any atom is 0.241 e. The van der Waals surface area contributed by atoms with Gasteiger partial charge in [-0.1, -0.05) is 60.2 Å². The van der Waals surface area contributed by atoms with E-state index in [2.05, 4.69) is 0 Å². The average molecular weight is 577 g/mol. The number of amides is 4. The van der Waals surface area contributed by atoms with Gasteiger partial charge in [-0.25, -0.2) is 4.90 Å². The molecule has 2 aliphatic carbocycles. The second-order valence-electron chi connectivity index (χ2n) is 12.3. The number of para-hydroxylation sites is 2. The van der Waals surface area contributed by atoms with Crippen LogP contribution in [-0.4, -0.2) is 45.3 Å². The quantitative estimate of drug-likeness (QED) is 0.340. The van der Waals surface area contributed by atoms with Crippen molar-refractivity contribution in [3.63, 3.8) is 0 Å². The van der Waals surface area contributed by atoms with Crippen molar-refractivity contribution >= 4 is 29.3 Å². The van der Waals surface area contributed by atoms with Crippen molar-refractivity contribution in [1.29, 1.82) is 0 Å². The van der Waals surface area contributed by atoms with Crippen LogP contribution in [0.5, 0.6) is 11.5 Å². The summed E-state index contributed by atoms with van der Waals surface area (Å²) in [6, 6.07) is 22.4. The number of benzene rings is 3. The topological polar surface area (TPSA) is 115 Å². The monoisotopic (exact) mass is 576 g/mol. The van der Waals surface area contributed by atoms with Gasteiger partial charge in [0.05, 0.1) is 28.9 Å². The molecule has 4 amide bonds. The number of likely N-dealkylation sites (tertiary alicyclic amines) is 1. The van der Waals surface area contributed by atoms with Crippen LogP contribution < -0.4 is 4.90 Å². The van der Waals surface area contributed by atoms with E-state index in [-0.39, 0.29) is 48.1 Å². The molecule has 6 atom stereocenters. The minimum Gasteiger partial charge on any atom is -0.508 e. The highest BCUT2D eigenvalue weighted by atomic mass is 16.3. The summed E-state index contributed by atoms with van der Waals surface area (Å²) in [5.74, 6) is -3.91. The van der Waals surface area contributed by atoms with Gasteiger partial charge >= 0.3 is 0 Å². The van der Waals surface area contributed by atoms with E-state index in [0.717, 1.165) is 11.1 Å². The van der Waals surface area contributed by atoms with Crippen molar-refractivity contribution in [2.45, 2.75) is 32.1 Å². The van der Waals surface area contributed by atoms with Crippen LogP contribution in [0.3, 0.4) is 0 Å². The summed E-state index contributed by atoms with van der Waals surface area (Å²) in [5.41, 5.74) is 1.59. The standard InChI is InChI=1S/C35H32N2O6/c1-35-27(32(41)37(34(35)43)21-7-3-2-4-8-21)19-26-23(30(35)24-9-5-6-10-28(24)39)15-16-25-29(26)33(42)36(31(25)40)18-17-20-11-13-22(38)14-12-20/h2-15,25-27,29-30,38-39H,16-19H2,1H3/t25-,26+,27-,29-,30+,35+/m0/s1. The van der Waals surface area contributed by atoms with Crippen LogP contribution in [0.2, 0.25) is 0 Å². The van der Waals surface area contributed by atoms with E-state index in [1.54, 1.807) is 72.8 Å². The maximum atomic E-state index is 14.3. The zero-order chi connectivity index (χ0) is 30.0. The number of hydrogen-bond donors (Lipinski definition) is 2. The zero-order valence-electron chi connectivity index (χ0n) is 23.7. The molecule has 3 aromatic carbocycles. The molecule has 43 heavy (non-hydrogen) atoms. The fourth-order valence-electron chi connectivity index (χ4n) is 8.10. The van der Waals surface area contributed by atoms with Crippen molar-refractivity contribution in [2.75, 3.05) is 11.4 Å². The number of imide groups is 2. The predicted molar refractivity (Wildman–Crippen MR) is 158 cm³/mol. The number of nitrogens with zero attached hydrogens (tertiary/aromatic N) is 2. The third-order valence-electron chi connectivity index (χ3n) is 10.2. The summed E-state index contributed by atoms with van der Waals surface area (Å²) in [6.45, 7) is 2.04. The summed E-state index contributed by atoms with van der Waals surface area (Å²) in [5, 5.41) is 20.7. The SMILES string of the molecule is C[C@@]12C(=O)N(c3ccccc3)C(=O)[C@@H]1C[C@@H]1C(=CC[C@@H]3C(=O)N(CCc4ccc(O)cc4)C(=O)[C@@H]31)[C@@H]2c1ccccc1O. The summed E-state index contributed by atoms with van der Waals surface area (Å²) in [6.07, 6.45) is 3.07. The third-order valence-corrected chi connectivity index (χ3v) is 10.2. The average Bonchev–Trinajstić information content (AvgIpc) is 3.37. The Morgan fingerprint density at radius 2 is 1.51 bits per heavy atom. The Labute approximate surface area is 249 Å². The molecule has 0 aromatic heterocycles. The summed E-state index contributed by atoms with van der Waals surface area (Å²) in [4.78, 5) is 58.7. The van der Waals surface area contributed by atoms with Crippen molar-refractivity contribution in [3.05, 3.63) is 102 Å². The van der Waals surface area contributed by atoms with Gasteiger partial charge in [-0.15, -0.1) is 0 Å². The molecule has 7 rings (SSSR count). The van der Waals surface area contributed by atoms with Crippen molar-refractivity contribution in [1.82, 2.24) is 4.90 Å². The van der Waals surface area contributed by atoms with E-state index in [1.807, 2.05) is 19.1 Å². The Morgan fingerprint density at radius 1 is 0.814 bits per heavy atom. The molecule has 218 valence electrons. The molecule has 0 bridgehead atoms. The Bertz CT molecular complexity index is 1680. The predicted octanol–water partition coefficient (Wildman–Crippen LogP) is 4.57. The second kappa shape index (κ2) is 9.93. The molecule has 2 heterocycles. The van der Waals surface area contributed by atoms with E-state index < -0.39 is 35.0 Å². The number of phenols is 2. The van der Waals surface area contributed by atoms with Gasteiger partial charge in [-0.3, -0.25) is 24.1 Å². The summed E-state index contributed by atoms with van der Waals surface area (Å²) in [7, 11) is 0. The number of fused-ring (bicyclic) bond motifs is 4. The van der Waals surface area contributed by atoms with Crippen molar-refractivity contribution in [3.8, 4) is 11.5 Å². The lowest BCUT2D eigenvalue weighted by molar-refractivity contribution is -0.140. The molecular weight excluding hydrogens is 544 g/mol. The van der Waals surface area contributed by atoms with E-state index in [4.69, 9.17) is 0 Å². The Hall–Kier alpha value is -4.72. The van der Waals surface area contributed by atoms with Crippen LogP contribution in [0.25, 0.3) is 0 Å². The molecule has 8 heteroatoms. The van der Waals surface area contributed by atoms with Gasteiger partial charge < -0.3 is 10.2 Å². The smallest absolute Gasteiger partial charge is 0.241 e. The van der Waals surface area contributed by atoms with Crippen LogP contribution in [0.15, 0.2) is 90.5 Å². The van der Waals surface area contributed by atoms with Gasteiger partial charge in [0.1, 0.15) is 11.5 Å². The number of hydrogen-bond acceptors (Lipinski definition) is 6. The largest absolute Gasteiger partial charge is 0.508 e. The number of carbonyl (C=O) groups excluding carboxylic acids is 4. The van der Waals surface area contributed by atoms with Crippen LogP contribution in [0.4, 0.5) is 5.69 Å². The van der Waals surface area contributed by atoms with Crippen molar-refractivity contribution in [2.24, 2.45) is 29.1 Å². The van der Waals surface area contributed by atoms with Crippen molar-refractivity contribution < 1.29 is 29.4 Å². The molecule has 8 nitrogen and oxygen atoms in total. The van der Waals surface area contributed by atoms with Gasteiger partial charge in [-0.2, -0.15) is 0 Å². The molecule has 0 radical (unpaired) electrons. The molecular formula is C35H32N2O6. The number of anilines is 1. The van der Waals surface area contributed by atoms with Crippen LogP contribution >= 0.6 is 0 Å². The van der Waals surface area contributed by atoms with E-state index in [0.29, 0.717) is 24.1 Å². The highest BCUT2D eigenvalue weighted by Gasteiger charge is 2.67. The minimum atomic E-state index is -1.19. The normalized spacial score (nSPS) is 29.8. The van der Waals surface area contributed by atoms with E-state index in [9.17, 15) is 29.4 Å². The minimum absolute atomic E-state index is 0.0268. The highest BCUT2D eigenvalue weighted by molar-refractivity contribution is 6.24. The number of phenolic OH excluding ortho intramolecular Hbond substituents is 2. The van der Waals surface area contributed by atoms with Gasteiger partial charge in [0, 0.05) is 18.0 Å². The molecule has 0 spiro atoms. The molecule has 0 unspecified atom stereocenters. The van der Waals surface area contributed by atoms with Crippen LogP contribution in [0, 0.1) is 29.1 Å². The van der Waals surface area contributed by atoms with E-state index >= 15 is 0 Å². The lowest BCUT2D eigenvalue weighted by Crippen LogP contribution is -2.48. The molecule has 3 fully saturated rings. The third kappa shape index (κ3) is 3.96. The Morgan fingerprint density at radius 3 is 2.23 bits per heavy atom. The maximum absolute atomic E-state index is 14.3. The first-order valence-corrected chi connectivity index (χ1v) is 14.8. The Balaban J connectivity index is 1.28. The molecule has 2 saturated heterocycles. The first kappa shape index (κ1) is 27.1. The highest BCUT2D eigenvalue weighted by Crippen LogP contribution is 2.64. The van der Waals surface area contributed by atoms with Gasteiger partial charge in [0.2, 0.25) is 23.6 Å². The van der Waals surface area contributed by atoms with Crippen LogP contribution in [0.1, 0.15) is 36.8 Å². The van der Waals surface area contributed by atoms with Gasteiger partial charge in [0.15, 0.2) is 0 Å². The van der Waals surface area contributed by atoms with E-state index in [1.165, 1.54) is 9.80 Å². The molecule has 1 saturated carbocycles. The van der Waals surface area contributed by atoms with Crippen LogP contribution in [-0.2, 0) is 25.6 Å². The zero-order valence-corrected chi connectivity index (χ0v) is 23.7. The molecule has 4 aliphatic rings. The number of allylic oxidation sites excluding steroid dienone is 2. The fraction of sp³-hybridized carbons (Fsp3) is 0.314. The summed E-state index contributed by atoms with van der Waals surface area (Å²) >= 11 is 0. The van der Waals surface area contributed by atoms with Gasteiger partial charge in [0.25, 0.3) is 0 Å². The first-order chi connectivity index (χ1) is 20.7. The lowest BCUT2D eigenvalue weighted by atomic mass is 9.51. The molecule has 3 aromatic rings. The molecule has 2 aliphatic heterocycles. The first-order valence-electron chi connectivity index (χ1n) is 14.8. The fourth-order valence-corrected chi connectivity index (χ4v) is 8.10. The number of rotatable bonds is 5. The Kier molecular flexibility index (Phi) is 6.27. The molecule has 2 N–H and O–H groups in total.